The van der Waals surface area contributed by atoms with E-state index in [1.807, 2.05) is 34.8 Å². The first-order valence-corrected chi connectivity index (χ1v) is 5.63. The molecule has 3 rings (SSSR count). The first kappa shape index (κ1) is 10.1. The van der Waals surface area contributed by atoms with Crippen molar-refractivity contribution in [2.45, 2.75) is 13.1 Å². The average molecular weight is 228 g/mol. The highest BCUT2D eigenvalue weighted by atomic mass is 16.2. The quantitative estimate of drug-likeness (QED) is 0.625. The van der Waals surface area contributed by atoms with E-state index in [9.17, 15) is 4.79 Å². The largest absolute Gasteiger partial charge is 0.416 e. The summed E-state index contributed by atoms with van der Waals surface area (Å²) in [5.74, 6) is 0. The topological polar surface area (TPSA) is 29.1 Å². The molecular formula is C13H14N3O+. The molecule has 1 aliphatic heterocycles. The maximum Gasteiger partial charge on any atom is 0.416 e. The predicted octanol–water partition coefficient (Wildman–Crippen LogP) is 1.30. The van der Waals surface area contributed by atoms with Gasteiger partial charge in [0.2, 0.25) is 0 Å². The Morgan fingerprint density at radius 2 is 1.88 bits per heavy atom. The Balaban J connectivity index is 1.83. The van der Waals surface area contributed by atoms with E-state index >= 15 is 0 Å². The number of hydrogen-bond acceptors (Lipinski definition) is 1. The first-order valence-electron chi connectivity index (χ1n) is 5.63. The standard InChI is InChI=1S/C13H14N3O/c1-14-6-7-15(10-14)13(17)16-8-11-4-2-3-5-12(11)9-16/h2-7,10H,8-9H2,1H3/q+1. The Morgan fingerprint density at radius 3 is 2.41 bits per heavy atom. The minimum Gasteiger partial charge on any atom is -0.296 e. The van der Waals surface area contributed by atoms with Crippen LogP contribution < -0.4 is 4.57 Å². The summed E-state index contributed by atoms with van der Waals surface area (Å²) < 4.78 is 3.48. The minimum atomic E-state index is 0.0294. The Morgan fingerprint density at radius 1 is 1.24 bits per heavy atom. The van der Waals surface area contributed by atoms with Gasteiger partial charge in [-0.15, -0.1) is 0 Å². The lowest BCUT2D eigenvalue weighted by molar-refractivity contribution is -0.670. The lowest BCUT2D eigenvalue weighted by Crippen LogP contribution is -2.31. The zero-order valence-electron chi connectivity index (χ0n) is 9.71. The second-order valence-corrected chi connectivity index (χ2v) is 4.39. The van der Waals surface area contributed by atoms with Gasteiger partial charge in [0.1, 0.15) is 12.4 Å². The highest BCUT2D eigenvalue weighted by molar-refractivity contribution is 5.77. The highest BCUT2D eigenvalue weighted by Crippen LogP contribution is 2.22. The van der Waals surface area contributed by atoms with Crippen molar-refractivity contribution >= 4 is 6.03 Å². The van der Waals surface area contributed by atoms with Crippen molar-refractivity contribution < 1.29 is 9.36 Å². The number of fused-ring (bicyclic) bond motifs is 1. The molecule has 17 heavy (non-hydrogen) atoms. The summed E-state index contributed by atoms with van der Waals surface area (Å²) in [7, 11) is 1.91. The summed E-state index contributed by atoms with van der Waals surface area (Å²) in [6.45, 7) is 1.41. The second-order valence-electron chi connectivity index (χ2n) is 4.39. The van der Waals surface area contributed by atoms with Crippen molar-refractivity contribution in [1.82, 2.24) is 9.47 Å². The van der Waals surface area contributed by atoms with Crippen LogP contribution in [0.2, 0.25) is 0 Å². The molecule has 1 aliphatic rings. The maximum absolute atomic E-state index is 12.2. The van der Waals surface area contributed by atoms with Crippen molar-refractivity contribution in [2.75, 3.05) is 0 Å². The van der Waals surface area contributed by atoms with Crippen LogP contribution in [-0.2, 0) is 20.1 Å². The number of amides is 1. The van der Waals surface area contributed by atoms with Crippen LogP contribution in [0.15, 0.2) is 43.0 Å². The number of carbonyl (C=O) groups is 1. The summed E-state index contributed by atoms with van der Waals surface area (Å²) in [4.78, 5) is 14.1. The van der Waals surface area contributed by atoms with Crippen LogP contribution in [0.5, 0.6) is 0 Å². The molecule has 0 saturated heterocycles. The number of rotatable bonds is 0. The molecule has 0 bridgehead atoms. The third-order valence-corrected chi connectivity index (χ3v) is 3.10. The molecule has 4 nitrogen and oxygen atoms in total. The summed E-state index contributed by atoms with van der Waals surface area (Å²) in [6.07, 6.45) is 5.43. The van der Waals surface area contributed by atoms with E-state index in [4.69, 9.17) is 0 Å². The molecule has 2 aromatic rings. The van der Waals surface area contributed by atoms with E-state index in [2.05, 4.69) is 12.1 Å². The third-order valence-electron chi connectivity index (χ3n) is 3.10. The van der Waals surface area contributed by atoms with Crippen molar-refractivity contribution in [2.24, 2.45) is 7.05 Å². The van der Waals surface area contributed by atoms with Gasteiger partial charge in [-0.3, -0.25) is 4.90 Å². The summed E-state index contributed by atoms with van der Waals surface area (Å²) in [5.41, 5.74) is 2.50. The van der Waals surface area contributed by atoms with Crippen molar-refractivity contribution in [3.05, 3.63) is 54.1 Å². The molecule has 1 aromatic carbocycles. The van der Waals surface area contributed by atoms with Crippen LogP contribution in [0.1, 0.15) is 11.1 Å². The van der Waals surface area contributed by atoms with Crippen molar-refractivity contribution in [1.29, 1.82) is 0 Å². The molecule has 0 saturated carbocycles. The van der Waals surface area contributed by atoms with E-state index < -0.39 is 0 Å². The number of hydrogen-bond donors (Lipinski definition) is 0. The molecule has 1 amide bonds. The molecule has 86 valence electrons. The predicted molar refractivity (Wildman–Crippen MR) is 62.1 cm³/mol. The third kappa shape index (κ3) is 1.71. The van der Waals surface area contributed by atoms with Gasteiger partial charge in [0.15, 0.2) is 0 Å². The number of carbonyl (C=O) groups excluding carboxylic acids is 1. The maximum atomic E-state index is 12.2. The SMILES string of the molecule is C[n+]1ccn(C(=O)N2Cc3ccccc3C2)c1. The summed E-state index contributed by atoms with van der Waals surface area (Å²) in [5, 5.41) is 0. The molecule has 4 heteroatoms. The number of aryl methyl sites for hydroxylation is 1. The minimum absolute atomic E-state index is 0.0294. The molecule has 0 N–H and O–H groups in total. The number of imidazole rings is 1. The van der Waals surface area contributed by atoms with Gasteiger partial charge >= 0.3 is 6.03 Å². The van der Waals surface area contributed by atoms with E-state index in [0.717, 1.165) is 0 Å². The van der Waals surface area contributed by atoms with Crippen LogP contribution in [0.4, 0.5) is 4.79 Å². The summed E-state index contributed by atoms with van der Waals surface area (Å²) in [6, 6.07) is 8.23. The van der Waals surface area contributed by atoms with Gasteiger partial charge in [0.25, 0.3) is 6.33 Å². The van der Waals surface area contributed by atoms with Crippen LogP contribution in [-0.4, -0.2) is 15.5 Å². The van der Waals surface area contributed by atoms with Crippen LogP contribution in [0.3, 0.4) is 0 Å². The molecule has 0 fully saturated rings. The second kappa shape index (κ2) is 3.73. The number of aromatic nitrogens is 2. The van der Waals surface area contributed by atoms with Gasteiger partial charge in [-0.25, -0.2) is 9.36 Å². The van der Waals surface area contributed by atoms with Gasteiger partial charge in [0.05, 0.1) is 20.1 Å². The van der Waals surface area contributed by atoms with Crippen LogP contribution in [0.25, 0.3) is 0 Å². The van der Waals surface area contributed by atoms with Gasteiger partial charge in [0, 0.05) is 0 Å². The van der Waals surface area contributed by atoms with Crippen LogP contribution in [0, 0.1) is 0 Å². The fraction of sp³-hybridized carbons (Fsp3) is 0.231. The van der Waals surface area contributed by atoms with E-state index in [1.165, 1.54) is 11.1 Å². The van der Waals surface area contributed by atoms with Crippen molar-refractivity contribution in [3.8, 4) is 0 Å². The Bertz CT molecular complexity index is 549. The van der Waals surface area contributed by atoms with Crippen LogP contribution >= 0.6 is 0 Å². The normalized spacial score (nSPS) is 13.8. The average Bonchev–Trinajstić information content (AvgIpc) is 2.93. The molecule has 1 aromatic heterocycles. The van der Waals surface area contributed by atoms with E-state index in [0.29, 0.717) is 13.1 Å². The Hall–Kier alpha value is -2.10. The van der Waals surface area contributed by atoms with Gasteiger partial charge in [-0.2, -0.15) is 4.57 Å². The number of nitrogens with zero attached hydrogens (tertiary/aromatic N) is 3. The molecule has 0 aliphatic carbocycles. The zero-order chi connectivity index (χ0) is 11.8. The molecule has 2 heterocycles. The smallest absolute Gasteiger partial charge is 0.296 e. The molecule has 0 radical (unpaired) electrons. The monoisotopic (exact) mass is 228 g/mol. The van der Waals surface area contributed by atoms with Crippen molar-refractivity contribution in [3.63, 3.8) is 0 Å². The van der Waals surface area contributed by atoms with Gasteiger partial charge in [-0.1, -0.05) is 24.3 Å². The lowest BCUT2D eigenvalue weighted by atomic mass is 10.1. The molecule has 0 unspecified atom stereocenters. The van der Waals surface area contributed by atoms with Gasteiger partial charge in [-0.05, 0) is 11.1 Å². The molecule has 0 spiro atoms. The van der Waals surface area contributed by atoms with E-state index in [-0.39, 0.29) is 6.03 Å². The zero-order valence-corrected chi connectivity index (χ0v) is 9.71. The lowest BCUT2D eigenvalue weighted by Gasteiger charge is -2.10. The number of benzene rings is 1. The highest BCUT2D eigenvalue weighted by Gasteiger charge is 2.26. The Kier molecular flexibility index (Phi) is 2.21. The molecule has 0 atom stereocenters. The van der Waals surface area contributed by atoms with E-state index in [1.54, 1.807) is 17.1 Å². The first-order chi connectivity index (χ1) is 8.24. The summed E-state index contributed by atoms with van der Waals surface area (Å²) >= 11 is 0. The van der Waals surface area contributed by atoms with Gasteiger partial charge < -0.3 is 0 Å². The Labute approximate surface area is 99.7 Å². The fourth-order valence-electron chi connectivity index (χ4n) is 2.20. The fourth-order valence-corrected chi connectivity index (χ4v) is 2.20. The molecular weight excluding hydrogens is 214 g/mol.